The Balaban J connectivity index is 1.41. The Bertz CT molecular complexity index is 1510. The molecule has 5 rings (SSSR count). The average molecular weight is 545 g/mol. The van der Waals surface area contributed by atoms with E-state index in [0.29, 0.717) is 39.0 Å². The molecule has 2 aromatic heterocycles. The molecule has 0 unspecified atom stereocenters. The fourth-order valence-corrected chi connectivity index (χ4v) is 4.82. The van der Waals surface area contributed by atoms with E-state index >= 15 is 0 Å². The first-order chi connectivity index (χ1) is 18.4. The molecular formula is C29H22Cl2N4O3. The predicted molar refractivity (Wildman–Crippen MR) is 145 cm³/mol. The Hall–Kier alpha value is -4.07. The zero-order chi connectivity index (χ0) is 26.6. The molecule has 1 aliphatic heterocycles. The van der Waals surface area contributed by atoms with E-state index in [1.807, 2.05) is 6.07 Å². The van der Waals surface area contributed by atoms with E-state index in [-0.39, 0.29) is 30.6 Å². The quantitative estimate of drug-likeness (QED) is 0.350. The molecule has 9 heteroatoms. The third-order valence-electron chi connectivity index (χ3n) is 6.36. The summed E-state index contributed by atoms with van der Waals surface area (Å²) in [6.07, 6.45) is 5.33. The van der Waals surface area contributed by atoms with Gasteiger partial charge in [0.2, 0.25) is 0 Å². The standard InChI is InChI=1S/C29H22Cl2N4O3/c30-22-7-8-24-21(13-22)14-26(36)25(12-19-2-1-10-32-16-19)35(29(24)38)17-18-3-5-20(6-4-18)28(37)34-27-15-23(31)9-11-33-27/h1-11,13,15-16,25H,12,14,17H2,(H,33,34,37)/t25-/m1/s1. The minimum Gasteiger partial charge on any atom is -0.324 e. The van der Waals surface area contributed by atoms with Crippen molar-refractivity contribution in [3.05, 3.63) is 123 Å². The number of aromatic nitrogens is 2. The maximum absolute atomic E-state index is 13.7. The van der Waals surface area contributed by atoms with Gasteiger partial charge in [0, 0.05) is 59.1 Å². The summed E-state index contributed by atoms with van der Waals surface area (Å²) in [7, 11) is 0. The highest BCUT2D eigenvalue weighted by molar-refractivity contribution is 6.31. The predicted octanol–water partition coefficient (Wildman–Crippen LogP) is 5.41. The lowest BCUT2D eigenvalue weighted by Gasteiger charge is -2.29. The van der Waals surface area contributed by atoms with E-state index in [1.54, 1.807) is 78.0 Å². The van der Waals surface area contributed by atoms with Gasteiger partial charge in [-0.2, -0.15) is 0 Å². The van der Waals surface area contributed by atoms with Gasteiger partial charge in [0.15, 0.2) is 5.78 Å². The van der Waals surface area contributed by atoms with Crippen molar-refractivity contribution in [3.63, 3.8) is 0 Å². The number of hydrogen-bond acceptors (Lipinski definition) is 5. The Morgan fingerprint density at radius 3 is 2.47 bits per heavy atom. The molecule has 38 heavy (non-hydrogen) atoms. The molecule has 190 valence electrons. The Labute approximate surface area is 229 Å². The number of nitrogens with zero attached hydrogens (tertiary/aromatic N) is 3. The van der Waals surface area contributed by atoms with Gasteiger partial charge in [-0.25, -0.2) is 4.98 Å². The van der Waals surface area contributed by atoms with E-state index < -0.39 is 6.04 Å². The van der Waals surface area contributed by atoms with Crippen molar-refractivity contribution in [1.82, 2.24) is 14.9 Å². The van der Waals surface area contributed by atoms with E-state index in [1.165, 1.54) is 6.20 Å². The van der Waals surface area contributed by atoms with Crippen LogP contribution in [0.15, 0.2) is 85.3 Å². The number of Topliss-reactive ketones (excluding diaryl/α,β-unsaturated/α-hetero) is 1. The lowest BCUT2D eigenvalue weighted by molar-refractivity contribution is -0.122. The molecule has 0 saturated heterocycles. The first kappa shape index (κ1) is 25.6. The molecule has 7 nitrogen and oxygen atoms in total. The third-order valence-corrected chi connectivity index (χ3v) is 6.83. The number of benzene rings is 2. The average Bonchev–Trinajstić information content (AvgIpc) is 2.99. The van der Waals surface area contributed by atoms with Crippen LogP contribution in [-0.4, -0.2) is 38.5 Å². The number of nitrogens with one attached hydrogen (secondary N) is 1. The van der Waals surface area contributed by atoms with Gasteiger partial charge in [0.25, 0.3) is 11.8 Å². The van der Waals surface area contributed by atoms with Crippen LogP contribution >= 0.6 is 23.2 Å². The Morgan fingerprint density at radius 2 is 1.74 bits per heavy atom. The lowest BCUT2D eigenvalue weighted by atomic mass is 9.98. The zero-order valence-electron chi connectivity index (χ0n) is 20.1. The van der Waals surface area contributed by atoms with Crippen molar-refractivity contribution in [3.8, 4) is 0 Å². The van der Waals surface area contributed by atoms with Crippen LogP contribution in [0.4, 0.5) is 5.82 Å². The molecule has 0 aliphatic carbocycles. The van der Waals surface area contributed by atoms with Crippen molar-refractivity contribution in [2.75, 3.05) is 5.32 Å². The molecule has 3 heterocycles. The molecule has 1 N–H and O–H groups in total. The van der Waals surface area contributed by atoms with E-state index in [4.69, 9.17) is 23.2 Å². The molecule has 0 spiro atoms. The minimum atomic E-state index is -0.685. The topological polar surface area (TPSA) is 92.3 Å². The summed E-state index contributed by atoms with van der Waals surface area (Å²) in [5, 5.41) is 3.65. The van der Waals surface area contributed by atoms with Crippen LogP contribution in [0.25, 0.3) is 0 Å². The molecule has 4 aromatic rings. The summed E-state index contributed by atoms with van der Waals surface area (Å²) in [6, 6.07) is 18.1. The Morgan fingerprint density at radius 1 is 0.947 bits per heavy atom. The summed E-state index contributed by atoms with van der Waals surface area (Å²) in [4.78, 5) is 49.7. The van der Waals surface area contributed by atoms with Gasteiger partial charge in [0.05, 0.1) is 6.04 Å². The largest absolute Gasteiger partial charge is 0.324 e. The molecule has 0 bridgehead atoms. The maximum Gasteiger partial charge on any atom is 0.256 e. The van der Waals surface area contributed by atoms with Crippen LogP contribution < -0.4 is 5.32 Å². The number of ketones is 1. The minimum absolute atomic E-state index is 0.0757. The van der Waals surface area contributed by atoms with Crippen LogP contribution in [-0.2, 0) is 24.2 Å². The number of halogens is 2. The summed E-state index contributed by atoms with van der Waals surface area (Å²) < 4.78 is 0. The second-order valence-corrected chi connectivity index (χ2v) is 9.84. The van der Waals surface area contributed by atoms with Crippen LogP contribution in [0.5, 0.6) is 0 Å². The fraction of sp³-hybridized carbons (Fsp3) is 0.138. The van der Waals surface area contributed by atoms with E-state index in [9.17, 15) is 14.4 Å². The summed E-state index contributed by atoms with van der Waals surface area (Å²) in [5.74, 6) is -0.316. The van der Waals surface area contributed by atoms with Crippen molar-refractivity contribution in [2.45, 2.75) is 25.4 Å². The zero-order valence-corrected chi connectivity index (χ0v) is 21.6. The van der Waals surface area contributed by atoms with Crippen LogP contribution in [0.2, 0.25) is 10.0 Å². The smallest absolute Gasteiger partial charge is 0.256 e. The number of carbonyl (C=O) groups excluding carboxylic acids is 3. The van der Waals surface area contributed by atoms with Crippen LogP contribution in [0, 0.1) is 0 Å². The van der Waals surface area contributed by atoms with Crippen molar-refractivity contribution >= 4 is 46.6 Å². The number of pyridine rings is 2. The summed E-state index contributed by atoms with van der Waals surface area (Å²) in [6.45, 7) is 0.190. The second-order valence-electron chi connectivity index (χ2n) is 8.97. The molecule has 2 aromatic carbocycles. The normalized spacial score (nSPS) is 15.1. The van der Waals surface area contributed by atoms with Gasteiger partial charge in [-0.15, -0.1) is 0 Å². The fourth-order valence-electron chi connectivity index (χ4n) is 4.46. The van der Waals surface area contributed by atoms with Crippen LogP contribution in [0.1, 0.15) is 37.4 Å². The number of anilines is 1. The first-order valence-corrected chi connectivity index (χ1v) is 12.7. The van der Waals surface area contributed by atoms with Gasteiger partial charge in [-0.1, -0.05) is 41.4 Å². The van der Waals surface area contributed by atoms with Gasteiger partial charge >= 0.3 is 0 Å². The number of amides is 2. The maximum atomic E-state index is 13.7. The summed E-state index contributed by atoms with van der Waals surface area (Å²) >= 11 is 12.1. The number of carbonyl (C=O) groups is 3. The molecular weight excluding hydrogens is 523 g/mol. The van der Waals surface area contributed by atoms with Gasteiger partial charge in [-0.3, -0.25) is 19.4 Å². The third kappa shape index (κ3) is 5.74. The molecule has 0 fully saturated rings. The van der Waals surface area contributed by atoms with Gasteiger partial charge in [-0.05, 0) is 65.2 Å². The highest BCUT2D eigenvalue weighted by atomic mass is 35.5. The highest BCUT2D eigenvalue weighted by Gasteiger charge is 2.35. The molecule has 1 atom stereocenters. The highest BCUT2D eigenvalue weighted by Crippen LogP contribution is 2.27. The van der Waals surface area contributed by atoms with E-state index in [2.05, 4.69) is 15.3 Å². The number of fused-ring (bicyclic) bond motifs is 1. The lowest BCUT2D eigenvalue weighted by Crippen LogP contribution is -2.44. The summed E-state index contributed by atoms with van der Waals surface area (Å²) in [5.41, 5.74) is 3.13. The molecule has 0 saturated carbocycles. The van der Waals surface area contributed by atoms with Crippen molar-refractivity contribution in [1.29, 1.82) is 0 Å². The SMILES string of the molecule is O=C(Nc1cc(Cl)ccn1)c1ccc(CN2C(=O)c3ccc(Cl)cc3CC(=O)[C@H]2Cc2cccnc2)cc1. The van der Waals surface area contributed by atoms with Crippen molar-refractivity contribution < 1.29 is 14.4 Å². The number of hydrogen-bond donors (Lipinski definition) is 1. The monoisotopic (exact) mass is 544 g/mol. The Kier molecular flexibility index (Phi) is 7.49. The molecule has 1 aliphatic rings. The van der Waals surface area contributed by atoms with Gasteiger partial charge < -0.3 is 10.2 Å². The molecule has 0 radical (unpaired) electrons. The molecule has 2 amide bonds. The van der Waals surface area contributed by atoms with E-state index in [0.717, 1.165) is 11.1 Å². The second kappa shape index (κ2) is 11.1. The van der Waals surface area contributed by atoms with Gasteiger partial charge in [0.1, 0.15) is 5.82 Å². The first-order valence-electron chi connectivity index (χ1n) is 11.9. The van der Waals surface area contributed by atoms with Crippen molar-refractivity contribution in [2.24, 2.45) is 0 Å². The van der Waals surface area contributed by atoms with Crippen LogP contribution in [0.3, 0.4) is 0 Å². The number of rotatable bonds is 6.